The fourth-order valence-corrected chi connectivity index (χ4v) is 3.31. The molecule has 0 radical (unpaired) electrons. The van der Waals surface area contributed by atoms with Crippen LogP contribution in [-0.4, -0.2) is 38.5 Å². The highest BCUT2D eigenvalue weighted by atomic mass is 16.3. The van der Waals surface area contributed by atoms with E-state index >= 15 is 0 Å². The van der Waals surface area contributed by atoms with Gasteiger partial charge in [-0.25, -0.2) is 0 Å². The van der Waals surface area contributed by atoms with E-state index in [0.717, 1.165) is 13.1 Å². The van der Waals surface area contributed by atoms with Gasteiger partial charge in [-0.3, -0.25) is 4.90 Å². The first-order valence-electron chi connectivity index (χ1n) is 7.52. The van der Waals surface area contributed by atoms with E-state index in [4.69, 9.17) is 0 Å². The second kappa shape index (κ2) is 5.19. The zero-order valence-corrected chi connectivity index (χ0v) is 12.2. The molecule has 5 heteroatoms. The molecule has 0 aliphatic carbocycles. The zero-order valence-electron chi connectivity index (χ0n) is 12.2. The molecule has 3 aromatic rings. The Morgan fingerprint density at radius 1 is 1.18 bits per heavy atom. The zero-order chi connectivity index (χ0) is 15.0. The fourth-order valence-electron chi connectivity index (χ4n) is 3.31. The molecule has 0 amide bonds. The van der Waals surface area contributed by atoms with E-state index in [2.05, 4.69) is 62.8 Å². The van der Waals surface area contributed by atoms with Crippen molar-refractivity contribution in [2.24, 2.45) is 0 Å². The Labute approximate surface area is 128 Å². The summed E-state index contributed by atoms with van der Waals surface area (Å²) in [6.07, 6.45) is 2.30. The Morgan fingerprint density at radius 2 is 2.05 bits per heavy atom. The molecular weight excluding hydrogens is 276 g/mol. The number of rotatable bonds is 3. The van der Waals surface area contributed by atoms with Gasteiger partial charge in [-0.1, -0.05) is 42.5 Å². The number of benzene rings is 2. The Hall–Kier alpha value is -2.24. The maximum Gasteiger partial charge on any atom is 0.124 e. The molecule has 1 aromatic heterocycles. The summed E-state index contributed by atoms with van der Waals surface area (Å²) in [5.41, 5.74) is 1.04. The van der Waals surface area contributed by atoms with Crippen molar-refractivity contribution in [2.45, 2.75) is 18.6 Å². The molecule has 2 N–H and O–H groups in total. The minimum Gasteiger partial charge on any atom is -0.382 e. The smallest absolute Gasteiger partial charge is 0.124 e. The van der Waals surface area contributed by atoms with Crippen LogP contribution in [0.2, 0.25) is 0 Å². The second-order valence-electron chi connectivity index (χ2n) is 5.99. The molecule has 4 rings (SSSR count). The van der Waals surface area contributed by atoms with E-state index in [1.807, 2.05) is 0 Å². The summed E-state index contributed by atoms with van der Waals surface area (Å²) in [5.74, 6) is 0. The second-order valence-corrected chi connectivity index (χ2v) is 5.99. The van der Waals surface area contributed by atoms with Gasteiger partial charge in [0.05, 0.1) is 6.20 Å². The van der Waals surface area contributed by atoms with Crippen molar-refractivity contribution in [3.8, 4) is 0 Å². The van der Waals surface area contributed by atoms with Gasteiger partial charge in [0, 0.05) is 19.6 Å². The number of likely N-dealkylation sites (tertiary alicyclic amines) is 1. The van der Waals surface area contributed by atoms with Crippen LogP contribution in [0, 0.1) is 0 Å². The van der Waals surface area contributed by atoms with Crippen molar-refractivity contribution in [2.75, 3.05) is 13.1 Å². The summed E-state index contributed by atoms with van der Waals surface area (Å²) < 4.78 is 0. The first kappa shape index (κ1) is 13.4. The van der Waals surface area contributed by atoms with Gasteiger partial charge in [0.25, 0.3) is 0 Å². The average Bonchev–Trinajstić information content (AvgIpc) is 3.19. The molecule has 22 heavy (non-hydrogen) atoms. The summed E-state index contributed by atoms with van der Waals surface area (Å²) in [5, 5.41) is 23.7. The number of aliphatic hydroxyl groups is 1. The van der Waals surface area contributed by atoms with E-state index in [9.17, 15) is 5.11 Å². The van der Waals surface area contributed by atoms with Crippen LogP contribution >= 0.6 is 0 Å². The molecule has 1 atom stereocenters. The monoisotopic (exact) mass is 294 g/mol. The van der Waals surface area contributed by atoms with Gasteiger partial charge in [-0.15, -0.1) is 0 Å². The quantitative estimate of drug-likeness (QED) is 0.776. The van der Waals surface area contributed by atoms with Crippen LogP contribution in [-0.2, 0) is 12.1 Å². The molecule has 0 bridgehead atoms. The lowest BCUT2D eigenvalue weighted by Crippen LogP contribution is -2.31. The van der Waals surface area contributed by atoms with Crippen LogP contribution < -0.4 is 0 Å². The van der Waals surface area contributed by atoms with Crippen molar-refractivity contribution >= 4 is 10.8 Å². The normalized spacial score (nSPS) is 22.4. The van der Waals surface area contributed by atoms with Crippen LogP contribution in [0.3, 0.4) is 0 Å². The number of H-pyrrole nitrogens is 1. The Balaban J connectivity index is 1.57. The summed E-state index contributed by atoms with van der Waals surface area (Å²) in [4.78, 5) is 2.27. The highest BCUT2D eigenvalue weighted by Gasteiger charge is 2.39. The van der Waals surface area contributed by atoms with E-state index in [0.29, 0.717) is 18.7 Å². The van der Waals surface area contributed by atoms with E-state index in [1.54, 1.807) is 6.20 Å². The predicted molar refractivity (Wildman–Crippen MR) is 84.1 cm³/mol. The van der Waals surface area contributed by atoms with Gasteiger partial charge >= 0.3 is 0 Å². The molecule has 1 aliphatic heterocycles. The Kier molecular flexibility index (Phi) is 3.17. The fraction of sp³-hybridized carbons (Fsp3) is 0.294. The molecule has 0 saturated carbocycles. The van der Waals surface area contributed by atoms with E-state index in [1.165, 1.54) is 16.3 Å². The first-order chi connectivity index (χ1) is 10.7. The van der Waals surface area contributed by atoms with Crippen LogP contribution in [0.4, 0.5) is 0 Å². The summed E-state index contributed by atoms with van der Waals surface area (Å²) in [6, 6.07) is 14.8. The third-order valence-electron chi connectivity index (χ3n) is 4.49. The van der Waals surface area contributed by atoms with Crippen molar-refractivity contribution in [1.82, 2.24) is 20.3 Å². The summed E-state index contributed by atoms with van der Waals surface area (Å²) >= 11 is 0. The largest absolute Gasteiger partial charge is 0.382 e. The lowest BCUT2D eigenvalue weighted by atomic mass is 10.00. The highest BCUT2D eigenvalue weighted by molar-refractivity contribution is 5.85. The standard InChI is InChI=1S/C17H18N4O/c22-17(16-10-18-20-19-16)8-9-21(12-17)11-14-6-3-5-13-4-1-2-7-15(13)14/h1-7,10,22H,8-9,11-12H2,(H,18,19,20)/t17-/m1/s1. The number of nitrogens with zero attached hydrogens (tertiary/aromatic N) is 3. The summed E-state index contributed by atoms with van der Waals surface area (Å²) in [6.45, 7) is 2.27. The van der Waals surface area contributed by atoms with Gasteiger partial charge < -0.3 is 5.11 Å². The topological polar surface area (TPSA) is 65.0 Å². The Bertz CT molecular complexity index is 781. The number of nitrogens with one attached hydrogen (secondary N) is 1. The lowest BCUT2D eigenvalue weighted by molar-refractivity contribution is 0.0409. The van der Waals surface area contributed by atoms with Crippen LogP contribution in [0.25, 0.3) is 10.8 Å². The minimum atomic E-state index is -0.891. The van der Waals surface area contributed by atoms with Crippen molar-refractivity contribution in [3.63, 3.8) is 0 Å². The van der Waals surface area contributed by atoms with Gasteiger partial charge in [-0.05, 0) is 22.8 Å². The molecular formula is C17H18N4O. The van der Waals surface area contributed by atoms with Gasteiger partial charge in [0.15, 0.2) is 0 Å². The number of hydrogen-bond donors (Lipinski definition) is 2. The number of hydrogen-bond acceptors (Lipinski definition) is 4. The number of fused-ring (bicyclic) bond motifs is 1. The lowest BCUT2D eigenvalue weighted by Gasteiger charge is -2.21. The molecule has 1 saturated heterocycles. The minimum absolute atomic E-state index is 0.586. The maximum atomic E-state index is 10.7. The van der Waals surface area contributed by atoms with Crippen LogP contribution in [0.1, 0.15) is 17.7 Å². The SMILES string of the molecule is O[C@]1(c2cn[nH]n2)CCN(Cc2cccc3ccccc23)C1. The molecule has 0 unspecified atom stereocenters. The molecule has 1 aliphatic rings. The van der Waals surface area contributed by atoms with Gasteiger partial charge in [-0.2, -0.15) is 15.4 Å². The number of β-amino-alcohol motifs (C(OH)–C–C–N with tert-alkyl or cyclic N) is 1. The molecule has 2 aromatic carbocycles. The van der Waals surface area contributed by atoms with Gasteiger partial charge in [0.2, 0.25) is 0 Å². The number of aromatic nitrogens is 3. The average molecular weight is 294 g/mol. The molecule has 2 heterocycles. The van der Waals surface area contributed by atoms with Crippen LogP contribution in [0.15, 0.2) is 48.7 Å². The highest BCUT2D eigenvalue weighted by Crippen LogP contribution is 2.31. The Morgan fingerprint density at radius 3 is 2.91 bits per heavy atom. The van der Waals surface area contributed by atoms with Gasteiger partial charge in [0.1, 0.15) is 11.3 Å². The molecule has 0 spiro atoms. The maximum absolute atomic E-state index is 10.7. The summed E-state index contributed by atoms with van der Waals surface area (Å²) in [7, 11) is 0. The first-order valence-corrected chi connectivity index (χ1v) is 7.52. The molecule has 112 valence electrons. The van der Waals surface area contributed by atoms with E-state index < -0.39 is 5.60 Å². The van der Waals surface area contributed by atoms with Crippen molar-refractivity contribution < 1.29 is 5.11 Å². The third-order valence-corrected chi connectivity index (χ3v) is 4.49. The van der Waals surface area contributed by atoms with Crippen molar-refractivity contribution in [1.29, 1.82) is 0 Å². The van der Waals surface area contributed by atoms with Crippen LogP contribution in [0.5, 0.6) is 0 Å². The predicted octanol–water partition coefficient (Wildman–Crippen LogP) is 2.05. The third kappa shape index (κ3) is 2.28. The molecule has 1 fully saturated rings. The molecule has 5 nitrogen and oxygen atoms in total. The number of aromatic amines is 1. The van der Waals surface area contributed by atoms with E-state index in [-0.39, 0.29) is 0 Å². The van der Waals surface area contributed by atoms with Crippen molar-refractivity contribution in [3.05, 3.63) is 59.9 Å².